The van der Waals surface area contributed by atoms with Crippen LogP contribution in [0.5, 0.6) is 0 Å². The SMILES string of the molecule is [C-]#[N+]c1c(-c2ccccc2)c(C#N)c(-n2c3c(ccc4c3sc3cccc(-c5ccccc5)c34)c3ccc4c(sc5cccc(-c6ccccc6)c54)c32)c(-c2ccccc2)c1-n1c2ccccc2c2cc(-c3ccccc3)c(-c3ccccc3)cc21. The Labute approximate surface area is 503 Å². The van der Waals surface area contributed by atoms with E-state index in [4.69, 9.17) is 4.85 Å². The first-order valence-electron chi connectivity index (χ1n) is 28.8. The van der Waals surface area contributed by atoms with E-state index >= 15 is 0 Å². The van der Waals surface area contributed by atoms with Crippen LogP contribution in [-0.2, 0) is 0 Å². The number of hydrogen-bond acceptors (Lipinski definition) is 3. The molecule has 0 saturated carbocycles. The topological polar surface area (TPSA) is 38.0 Å². The normalized spacial score (nSPS) is 11.7. The van der Waals surface area contributed by atoms with Gasteiger partial charge in [0.15, 0.2) is 0 Å². The average Bonchev–Trinajstić information content (AvgIpc) is 1.51. The van der Waals surface area contributed by atoms with Crippen LogP contribution in [-0.4, -0.2) is 9.13 Å². The molecule has 4 heterocycles. The van der Waals surface area contributed by atoms with Gasteiger partial charge in [-0.25, -0.2) is 4.85 Å². The average molecular weight is 1130 g/mol. The van der Waals surface area contributed by atoms with Gasteiger partial charge in [-0.15, -0.1) is 22.7 Å². The van der Waals surface area contributed by atoms with Gasteiger partial charge in [0, 0.05) is 63.6 Å². The molecule has 0 N–H and O–H groups in total. The molecule has 4 nitrogen and oxygen atoms in total. The Hall–Kier alpha value is -11.1. The van der Waals surface area contributed by atoms with Crippen LogP contribution in [0.3, 0.4) is 0 Å². The quantitative estimate of drug-likeness (QED) is 0.140. The van der Waals surface area contributed by atoms with Gasteiger partial charge in [-0.1, -0.05) is 249 Å². The van der Waals surface area contributed by atoms with Crippen LogP contribution in [0, 0.1) is 17.9 Å². The van der Waals surface area contributed by atoms with Crippen LogP contribution in [0.15, 0.2) is 279 Å². The molecule has 0 aliphatic carbocycles. The third kappa shape index (κ3) is 7.38. The highest BCUT2D eigenvalue weighted by atomic mass is 32.1. The minimum atomic E-state index is 0.395. The summed E-state index contributed by atoms with van der Waals surface area (Å²) in [7, 11) is 0. The molecule has 0 atom stereocenters. The monoisotopic (exact) mass is 1130 g/mol. The highest BCUT2D eigenvalue weighted by molar-refractivity contribution is 7.27. The standard InChI is InChI=1S/C80H46N4S2/c1-82-74-70(53-32-16-6-17-33-53)65(48-81)75(71(54-34-18-7-19-35-54)78(74)83-66-39-21-20-36-57(66)64-46-62(51-28-12-4-13-29-51)63(47-67(64)83)52-30-14-5-15-31-52)84-76-58(42-44-60-72-55(49-24-8-2-9-25-49)37-22-40-68(72)85-79(60)76)59-43-45-61-73-56(50-26-10-3-11-27-50)38-23-41-69(73)86-80(61)77(59)84/h2-47H. The van der Waals surface area contributed by atoms with E-state index in [9.17, 15) is 11.8 Å². The minimum absolute atomic E-state index is 0.395. The van der Waals surface area contributed by atoms with Gasteiger partial charge < -0.3 is 9.13 Å². The summed E-state index contributed by atoms with van der Waals surface area (Å²) in [5.41, 5.74) is 18.2. The molecule has 0 spiro atoms. The Kier molecular flexibility index (Phi) is 11.4. The molecule has 6 heteroatoms. The van der Waals surface area contributed by atoms with Crippen molar-refractivity contribution in [1.29, 1.82) is 5.26 Å². The second kappa shape index (κ2) is 19.8. The molecule has 0 saturated heterocycles. The largest absolute Gasteiger partial charge is 0.318 e. The number of benzene rings is 13. The van der Waals surface area contributed by atoms with Gasteiger partial charge in [0.05, 0.1) is 55.0 Å². The van der Waals surface area contributed by atoms with Crippen molar-refractivity contribution in [2.75, 3.05) is 0 Å². The Morgan fingerprint density at radius 2 is 0.756 bits per heavy atom. The molecule has 4 aromatic heterocycles. The van der Waals surface area contributed by atoms with Crippen LogP contribution in [0.1, 0.15) is 5.56 Å². The Morgan fingerprint density at radius 1 is 0.337 bits per heavy atom. The molecule has 17 rings (SSSR count). The summed E-state index contributed by atoms with van der Waals surface area (Å²) in [6.45, 7) is 9.68. The van der Waals surface area contributed by atoms with Crippen LogP contribution in [0.4, 0.5) is 5.69 Å². The van der Waals surface area contributed by atoms with Gasteiger partial charge in [0.1, 0.15) is 6.07 Å². The van der Waals surface area contributed by atoms with Gasteiger partial charge in [0.2, 0.25) is 5.69 Å². The fraction of sp³-hybridized carbons (Fsp3) is 0. The molecule has 0 aliphatic rings. The van der Waals surface area contributed by atoms with Gasteiger partial charge >= 0.3 is 0 Å². The van der Waals surface area contributed by atoms with Crippen molar-refractivity contribution >= 4 is 112 Å². The number of nitriles is 1. The van der Waals surface area contributed by atoms with Crippen molar-refractivity contribution in [1.82, 2.24) is 9.13 Å². The molecule has 0 unspecified atom stereocenters. The molecular weight excluding hydrogens is 1080 g/mol. The number of para-hydroxylation sites is 1. The number of nitrogens with zero attached hydrogens (tertiary/aromatic N) is 4. The highest BCUT2D eigenvalue weighted by Gasteiger charge is 2.34. The van der Waals surface area contributed by atoms with Crippen molar-refractivity contribution in [3.8, 4) is 84.2 Å². The number of aromatic nitrogens is 2. The maximum atomic E-state index is 12.6. The molecule has 0 aliphatic heterocycles. The zero-order valence-corrected chi connectivity index (χ0v) is 47.8. The Morgan fingerprint density at radius 3 is 1.23 bits per heavy atom. The second-order valence-corrected chi connectivity index (χ2v) is 24.0. The molecule has 0 fully saturated rings. The van der Waals surface area contributed by atoms with E-state index in [1.165, 1.54) is 31.3 Å². The van der Waals surface area contributed by atoms with Crippen molar-refractivity contribution in [3.63, 3.8) is 0 Å². The first kappa shape index (κ1) is 49.5. The Bertz CT molecular complexity index is 5520. The fourth-order valence-electron chi connectivity index (χ4n) is 13.8. The summed E-state index contributed by atoms with van der Waals surface area (Å²) < 4.78 is 9.43. The van der Waals surface area contributed by atoms with Gasteiger partial charge in [-0.05, 0) is 86.0 Å². The van der Waals surface area contributed by atoms with E-state index < -0.39 is 0 Å². The van der Waals surface area contributed by atoms with Crippen molar-refractivity contribution < 1.29 is 0 Å². The summed E-state index contributed by atoms with van der Waals surface area (Å²) in [6.07, 6.45) is 0. The first-order chi connectivity index (χ1) is 42.6. The zero-order valence-electron chi connectivity index (χ0n) is 46.2. The van der Waals surface area contributed by atoms with Crippen LogP contribution in [0.2, 0.25) is 0 Å². The lowest BCUT2D eigenvalue weighted by atomic mass is 9.88. The second-order valence-electron chi connectivity index (χ2n) is 21.9. The number of rotatable bonds is 8. The van der Waals surface area contributed by atoms with E-state index in [0.717, 1.165) is 120 Å². The van der Waals surface area contributed by atoms with Crippen molar-refractivity contribution in [2.45, 2.75) is 0 Å². The zero-order chi connectivity index (χ0) is 57.0. The molecule has 0 radical (unpaired) electrons. The van der Waals surface area contributed by atoms with Crippen molar-refractivity contribution in [2.24, 2.45) is 0 Å². The molecule has 17 aromatic rings. The molecule has 0 amide bonds. The number of hydrogen-bond donors (Lipinski definition) is 0. The maximum Gasteiger partial charge on any atom is 0.220 e. The molecule has 86 heavy (non-hydrogen) atoms. The van der Waals surface area contributed by atoms with Gasteiger partial charge in [-0.2, -0.15) is 5.26 Å². The third-order valence-electron chi connectivity index (χ3n) is 17.4. The third-order valence-corrected chi connectivity index (χ3v) is 19.7. The Balaban J connectivity index is 1.13. The maximum absolute atomic E-state index is 12.6. The first-order valence-corrected chi connectivity index (χ1v) is 30.5. The molecular formula is C80H46N4S2. The van der Waals surface area contributed by atoms with Gasteiger partial charge in [-0.3, -0.25) is 0 Å². The summed E-state index contributed by atoms with van der Waals surface area (Å²) >= 11 is 3.62. The lowest BCUT2D eigenvalue weighted by Gasteiger charge is -2.26. The van der Waals surface area contributed by atoms with E-state index in [-0.39, 0.29) is 0 Å². The lowest BCUT2D eigenvalue weighted by Crippen LogP contribution is -2.09. The predicted molar refractivity (Wildman–Crippen MR) is 364 cm³/mol. The number of fused-ring (bicyclic) bond motifs is 14. The van der Waals surface area contributed by atoms with Crippen molar-refractivity contribution in [3.05, 3.63) is 296 Å². The molecule has 0 bridgehead atoms. The predicted octanol–water partition coefficient (Wildman–Crippen LogP) is 23.0. The number of thiophene rings is 2. The lowest BCUT2D eigenvalue weighted by molar-refractivity contribution is 1.14. The van der Waals surface area contributed by atoms with E-state index in [1.807, 2.05) is 40.9 Å². The highest BCUT2D eigenvalue weighted by Crippen LogP contribution is 2.56. The fourth-order valence-corrected chi connectivity index (χ4v) is 16.3. The van der Waals surface area contributed by atoms with E-state index in [0.29, 0.717) is 22.5 Å². The summed E-state index contributed by atoms with van der Waals surface area (Å²) in [5, 5.41) is 21.5. The summed E-state index contributed by atoms with van der Waals surface area (Å²) in [6, 6.07) is 102. The van der Waals surface area contributed by atoms with Crippen LogP contribution in [0.25, 0.3) is 167 Å². The smallest absolute Gasteiger partial charge is 0.220 e. The minimum Gasteiger partial charge on any atom is -0.318 e. The van der Waals surface area contributed by atoms with Crippen LogP contribution < -0.4 is 0 Å². The van der Waals surface area contributed by atoms with E-state index in [1.54, 1.807) is 0 Å². The van der Waals surface area contributed by atoms with Crippen LogP contribution >= 0.6 is 22.7 Å². The summed E-state index contributed by atoms with van der Waals surface area (Å²) in [4.78, 5) is 4.71. The summed E-state index contributed by atoms with van der Waals surface area (Å²) in [5.74, 6) is 0. The molecule has 13 aromatic carbocycles. The van der Waals surface area contributed by atoms with Gasteiger partial charge in [0.25, 0.3) is 0 Å². The van der Waals surface area contributed by atoms with E-state index in [2.05, 4.69) is 276 Å². The molecule has 398 valence electrons.